The number of aromatic nitrogens is 5. The van der Waals surface area contributed by atoms with Gasteiger partial charge in [0.05, 0.1) is 6.20 Å². The Morgan fingerprint density at radius 1 is 1.22 bits per heavy atom. The summed E-state index contributed by atoms with van der Waals surface area (Å²) in [5.41, 5.74) is 1.75. The van der Waals surface area contributed by atoms with Gasteiger partial charge in [0.15, 0.2) is 0 Å². The summed E-state index contributed by atoms with van der Waals surface area (Å²) in [7, 11) is 0. The molecule has 6 heteroatoms. The van der Waals surface area contributed by atoms with Gasteiger partial charge in [-0.2, -0.15) is 0 Å². The molecule has 18 heavy (non-hydrogen) atoms. The van der Waals surface area contributed by atoms with Crippen LogP contribution in [0.3, 0.4) is 0 Å². The van der Waals surface area contributed by atoms with Gasteiger partial charge in [0.2, 0.25) is 0 Å². The van der Waals surface area contributed by atoms with Crippen molar-refractivity contribution >= 4 is 0 Å². The molecular weight excluding hydrogens is 228 g/mol. The van der Waals surface area contributed by atoms with Gasteiger partial charge in [-0.05, 0) is 31.8 Å². The van der Waals surface area contributed by atoms with Crippen LogP contribution in [0, 0.1) is 5.92 Å². The number of hydrogen-bond donors (Lipinski definition) is 1. The van der Waals surface area contributed by atoms with Gasteiger partial charge in [0.25, 0.3) is 0 Å². The van der Waals surface area contributed by atoms with Crippen molar-refractivity contribution in [1.29, 1.82) is 0 Å². The van der Waals surface area contributed by atoms with Crippen LogP contribution in [-0.4, -0.2) is 38.1 Å². The summed E-state index contributed by atoms with van der Waals surface area (Å²) in [5, 5.41) is 11.7. The minimum Gasteiger partial charge on any atom is -0.317 e. The Kier molecular flexibility index (Phi) is 3.27. The van der Waals surface area contributed by atoms with Crippen molar-refractivity contribution in [2.75, 3.05) is 13.1 Å². The third kappa shape index (κ3) is 2.53. The molecule has 0 aliphatic carbocycles. The highest BCUT2D eigenvalue weighted by Crippen LogP contribution is 2.16. The lowest BCUT2D eigenvalue weighted by molar-refractivity contribution is 0.318. The average Bonchev–Trinajstić information content (AvgIpc) is 2.89. The number of nitrogens with one attached hydrogen (secondary N) is 1. The highest BCUT2D eigenvalue weighted by Gasteiger charge is 2.14. The molecule has 0 radical (unpaired) electrons. The molecule has 3 rings (SSSR count). The zero-order valence-corrected chi connectivity index (χ0v) is 10.2. The first-order chi connectivity index (χ1) is 8.92. The van der Waals surface area contributed by atoms with Crippen molar-refractivity contribution < 1.29 is 0 Å². The van der Waals surface area contributed by atoms with Gasteiger partial charge in [0, 0.05) is 24.5 Å². The van der Waals surface area contributed by atoms with Crippen LogP contribution < -0.4 is 5.32 Å². The molecule has 1 N–H and O–H groups in total. The maximum atomic E-state index is 4.18. The Morgan fingerprint density at radius 3 is 2.78 bits per heavy atom. The fourth-order valence-electron chi connectivity index (χ4n) is 2.28. The largest absolute Gasteiger partial charge is 0.317 e. The highest BCUT2D eigenvalue weighted by atomic mass is 15.4. The van der Waals surface area contributed by atoms with E-state index in [9.17, 15) is 0 Å². The standard InChI is InChI=1S/C12H16N6/c1-3-13-4-2-10(1)7-18-8-12(16-17-18)11-5-14-9-15-6-11/h5-6,8-10,13H,1-4,7H2. The van der Waals surface area contributed by atoms with Gasteiger partial charge < -0.3 is 5.32 Å². The molecule has 3 heterocycles. The van der Waals surface area contributed by atoms with Crippen LogP contribution in [-0.2, 0) is 6.54 Å². The number of piperidine rings is 1. The molecule has 1 fully saturated rings. The first-order valence-corrected chi connectivity index (χ1v) is 6.28. The van der Waals surface area contributed by atoms with Crippen LogP contribution in [0.2, 0.25) is 0 Å². The topological polar surface area (TPSA) is 68.5 Å². The lowest BCUT2D eigenvalue weighted by Gasteiger charge is -2.21. The van der Waals surface area contributed by atoms with Crippen LogP contribution in [0.1, 0.15) is 12.8 Å². The van der Waals surface area contributed by atoms with E-state index < -0.39 is 0 Å². The van der Waals surface area contributed by atoms with Crippen molar-refractivity contribution in [1.82, 2.24) is 30.3 Å². The zero-order chi connectivity index (χ0) is 12.2. The molecule has 2 aromatic heterocycles. The second-order valence-corrected chi connectivity index (χ2v) is 4.65. The minimum atomic E-state index is 0.702. The Bertz CT molecular complexity index is 488. The molecular formula is C12H16N6. The zero-order valence-electron chi connectivity index (χ0n) is 10.2. The predicted octanol–water partition coefficient (Wildman–Crippen LogP) is 0.735. The Hall–Kier alpha value is -1.82. The van der Waals surface area contributed by atoms with E-state index in [2.05, 4.69) is 25.6 Å². The lowest BCUT2D eigenvalue weighted by Crippen LogP contribution is -2.30. The van der Waals surface area contributed by atoms with E-state index in [0.717, 1.165) is 30.9 Å². The lowest BCUT2D eigenvalue weighted by atomic mass is 9.98. The third-order valence-electron chi connectivity index (χ3n) is 3.30. The second-order valence-electron chi connectivity index (χ2n) is 4.65. The first-order valence-electron chi connectivity index (χ1n) is 6.28. The smallest absolute Gasteiger partial charge is 0.116 e. The van der Waals surface area contributed by atoms with Crippen LogP contribution in [0.15, 0.2) is 24.9 Å². The first kappa shape index (κ1) is 11.3. The summed E-state index contributed by atoms with van der Waals surface area (Å²) < 4.78 is 1.93. The average molecular weight is 244 g/mol. The fourth-order valence-corrected chi connectivity index (χ4v) is 2.28. The van der Waals surface area contributed by atoms with Crippen LogP contribution in [0.25, 0.3) is 11.3 Å². The maximum absolute atomic E-state index is 4.18. The van der Waals surface area contributed by atoms with Crippen LogP contribution in [0.4, 0.5) is 0 Å². The van der Waals surface area contributed by atoms with Gasteiger partial charge in [-0.3, -0.25) is 4.68 Å². The van der Waals surface area contributed by atoms with E-state index in [-0.39, 0.29) is 0 Å². The molecule has 0 spiro atoms. The Labute approximate surface area is 105 Å². The Morgan fingerprint density at radius 2 is 2.00 bits per heavy atom. The van der Waals surface area contributed by atoms with E-state index in [0.29, 0.717) is 5.92 Å². The van der Waals surface area contributed by atoms with Crippen molar-refractivity contribution in [3.05, 3.63) is 24.9 Å². The quantitative estimate of drug-likeness (QED) is 0.862. The van der Waals surface area contributed by atoms with Crippen LogP contribution in [0.5, 0.6) is 0 Å². The van der Waals surface area contributed by atoms with Crippen molar-refractivity contribution in [2.24, 2.45) is 5.92 Å². The molecule has 0 bridgehead atoms. The van der Waals surface area contributed by atoms with Gasteiger partial charge in [-0.1, -0.05) is 5.21 Å². The van der Waals surface area contributed by atoms with E-state index in [1.807, 2.05) is 10.9 Å². The minimum absolute atomic E-state index is 0.702. The molecule has 6 nitrogen and oxygen atoms in total. The molecule has 0 aromatic carbocycles. The molecule has 0 unspecified atom stereocenters. The summed E-state index contributed by atoms with van der Waals surface area (Å²) in [5.74, 6) is 0.702. The molecule has 94 valence electrons. The highest BCUT2D eigenvalue weighted by molar-refractivity contribution is 5.54. The van der Waals surface area contributed by atoms with Crippen LogP contribution >= 0.6 is 0 Å². The molecule has 0 amide bonds. The SMILES string of the molecule is c1ncc(-c2cn(CC3CCNCC3)nn2)cn1. The number of nitrogens with zero attached hydrogens (tertiary/aromatic N) is 5. The monoisotopic (exact) mass is 244 g/mol. The summed E-state index contributed by atoms with van der Waals surface area (Å²) in [6.07, 6.45) is 9.43. The van der Waals surface area contributed by atoms with Gasteiger partial charge in [-0.15, -0.1) is 5.10 Å². The van der Waals surface area contributed by atoms with Gasteiger partial charge >= 0.3 is 0 Å². The molecule has 1 saturated heterocycles. The summed E-state index contributed by atoms with van der Waals surface area (Å²) in [6.45, 7) is 3.17. The van der Waals surface area contributed by atoms with Crippen molar-refractivity contribution in [3.63, 3.8) is 0 Å². The summed E-state index contributed by atoms with van der Waals surface area (Å²) >= 11 is 0. The van der Waals surface area contributed by atoms with Gasteiger partial charge in [-0.25, -0.2) is 9.97 Å². The van der Waals surface area contributed by atoms with E-state index >= 15 is 0 Å². The maximum Gasteiger partial charge on any atom is 0.116 e. The van der Waals surface area contributed by atoms with Crippen molar-refractivity contribution in [2.45, 2.75) is 19.4 Å². The number of rotatable bonds is 3. The molecule has 1 aliphatic heterocycles. The molecule has 0 saturated carbocycles. The van der Waals surface area contributed by atoms with E-state index in [1.165, 1.54) is 19.2 Å². The third-order valence-corrected chi connectivity index (χ3v) is 3.30. The fraction of sp³-hybridized carbons (Fsp3) is 0.500. The normalized spacial score (nSPS) is 16.9. The van der Waals surface area contributed by atoms with Crippen molar-refractivity contribution in [3.8, 4) is 11.3 Å². The summed E-state index contributed by atoms with van der Waals surface area (Å²) in [4.78, 5) is 7.98. The Balaban J connectivity index is 1.69. The van der Waals surface area contributed by atoms with E-state index in [4.69, 9.17) is 0 Å². The molecule has 0 atom stereocenters. The number of hydrogen-bond acceptors (Lipinski definition) is 5. The second kappa shape index (κ2) is 5.22. The molecule has 2 aromatic rings. The molecule has 1 aliphatic rings. The van der Waals surface area contributed by atoms with E-state index in [1.54, 1.807) is 12.4 Å². The summed E-state index contributed by atoms with van der Waals surface area (Å²) in [6, 6.07) is 0. The predicted molar refractivity (Wildman–Crippen MR) is 66.6 cm³/mol. The van der Waals surface area contributed by atoms with Gasteiger partial charge in [0.1, 0.15) is 12.0 Å².